The molecule has 1 aliphatic rings. The number of imidazole rings is 1. The minimum absolute atomic E-state index is 0.152. The molecule has 210 valence electrons. The molecule has 40 heavy (non-hydrogen) atoms. The van der Waals surface area contributed by atoms with Crippen LogP contribution in [0.25, 0.3) is 17.2 Å². The molecule has 1 aliphatic heterocycles. The number of aromatic nitrogens is 7. The van der Waals surface area contributed by atoms with Gasteiger partial charge in [0.05, 0.1) is 11.0 Å². The zero-order valence-electron chi connectivity index (χ0n) is 22.3. The van der Waals surface area contributed by atoms with Crippen LogP contribution in [-0.4, -0.2) is 34.3 Å². The zero-order chi connectivity index (χ0) is 28.3. The number of benzene rings is 1. The maximum atomic E-state index is 14.1. The molecule has 1 aromatic carbocycles. The van der Waals surface area contributed by atoms with E-state index in [4.69, 9.17) is 0 Å². The van der Waals surface area contributed by atoms with Gasteiger partial charge in [-0.3, -0.25) is 9.13 Å². The van der Waals surface area contributed by atoms with Crippen molar-refractivity contribution in [1.82, 2.24) is 39.6 Å². The van der Waals surface area contributed by atoms with Crippen molar-refractivity contribution >= 4 is 0 Å². The number of aromatic amines is 1. The number of H-pyrrole nitrogens is 1. The molecule has 4 heterocycles. The molecule has 0 bridgehead atoms. The molecule has 0 atom stereocenters. The van der Waals surface area contributed by atoms with Crippen molar-refractivity contribution in [3.8, 4) is 17.2 Å². The van der Waals surface area contributed by atoms with E-state index >= 15 is 0 Å². The van der Waals surface area contributed by atoms with Crippen LogP contribution >= 0.6 is 0 Å². The molecule has 0 amide bonds. The van der Waals surface area contributed by atoms with Crippen molar-refractivity contribution in [3.63, 3.8) is 0 Å². The van der Waals surface area contributed by atoms with E-state index in [0.717, 1.165) is 30.0 Å². The predicted octanol–water partition coefficient (Wildman–Crippen LogP) is 4.96. The van der Waals surface area contributed by atoms with Crippen LogP contribution in [-0.2, 0) is 31.1 Å². The Morgan fingerprint density at radius 1 is 1.07 bits per heavy atom. The number of tetrazole rings is 1. The fraction of sp³-hybridized carbons (Fsp3) is 0.357. The van der Waals surface area contributed by atoms with Crippen LogP contribution in [0.5, 0.6) is 0 Å². The van der Waals surface area contributed by atoms with Crippen molar-refractivity contribution in [3.05, 3.63) is 94.6 Å². The van der Waals surface area contributed by atoms with Crippen LogP contribution in [0.2, 0.25) is 0 Å². The van der Waals surface area contributed by atoms with Gasteiger partial charge in [0.1, 0.15) is 5.82 Å². The Hall–Kier alpha value is -4.35. The normalized spacial score (nSPS) is 14.5. The van der Waals surface area contributed by atoms with Gasteiger partial charge in [0.2, 0.25) is 5.82 Å². The van der Waals surface area contributed by atoms with Crippen LogP contribution < -0.4 is 11.0 Å². The highest BCUT2D eigenvalue weighted by molar-refractivity contribution is 5.57. The van der Waals surface area contributed by atoms with Crippen LogP contribution in [0.1, 0.15) is 49.9 Å². The lowest BCUT2D eigenvalue weighted by Crippen LogP contribution is -2.36. The van der Waals surface area contributed by atoms with Gasteiger partial charge in [-0.2, -0.15) is 18.4 Å². The van der Waals surface area contributed by atoms with Gasteiger partial charge >= 0.3 is 11.9 Å². The van der Waals surface area contributed by atoms with Gasteiger partial charge in [-0.05, 0) is 54.6 Å². The lowest BCUT2D eigenvalue weighted by molar-refractivity contribution is -0.137. The number of alkyl halides is 3. The van der Waals surface area contributed by atoms with E-state index in [1.807, 2.05) is 50.3 Å². The zero-order valence-corrected chi connectivity index (χ0v) is 22.3. The Morgan fingerprint density at radius 2 is 1.88 bits per heavy atom. The van der Waals surface area contributed by atoms with Crippen LogP contribution in [0.3, 0.4) is 0 Å². The molecule has 12 heteroatoms. The molecule has 0 saturated heterocycles. The SMILES string of the molecule is CCCCc1cn(-c2c(C(F)(F)F)ccn2CCC)c(=O)n1CC1(c2cccc(-c3nn[nH]n3)c2)C=CNC=C1. The largest absolute Gasteiger partial charge is 0.419 e. The highest BCUT2D eigenvalue weighted by Gasteiger charge is 2.38. The molecule has 4 aromatic rings. The lowest BCUT2D eigenvalue weighted by Gasteiger charge is -2.31. The molecule has 0 radical (unpaired) electrons. The Morgan fingerprint density at radius 3 is 2.55 bits per heavy atom. The summed E-state index contributed by atoms with van der Waals surface area (Å²) in [5.41, 5.74) is 0.191. The molecule has 0 fully saturated rings. The number of allylic oxidation sites excluding steroid dienone is 2. The number of aryl methyl sites for hydroxylation is 2. The van der Waals surface area contributed by atoms with Gasteiger partial charge in [0.15, 0.2) is 0 Å². The third-order valence-electron chi connectivity index (χ3n) is 7.16. The van der Waals surface area contributed by atoms with Gasteiger partial charge in [-0.25, -0.2) is 4.79 Å². The summed E-state index contributed by atoms with van der Waals surface area (Å²) < 4.78 is 46.5. The van der Waals surface area contributed by atoms with E-state index in [9.17, 15) is 18.0 Å². The number of hydrogen-bond acceptors (Lipinski definition) is 5. The standard InChI is InChI=1S/C28H31F3N8O/c1-3-5-9-22-18-38(25-23(28(29,30)31)10-16-37(25)15-4-2)26(40)39(22)19-27(11-13-32-14-12-27)21-8-6-7-20(17-21)24-33-35-36-34-24/h6-8,10-14,16-18,32H,3-5,9,15,19H2,1-2H3,(H,33,34,35,36). The van der Waals surface area contributed by atoms with Crippen molar-refractivity contribution < 1.29 is 13.2 Å². The summed E-state index contributed by atoms with van der Waals surface area (Å²) >= 11 is 0. The summed E-state index contributed by atoms with van der Waals surface area (Å²) in [7, 11) is 0. The molecular formula is C28H31F3N8O. The first-order valence-electron chi connectivity index (χ1n) is 13.3. The first-order chi connectivity index (χ1) is 19.3. The molecule has 3 aromatic heterocycles. The highest BCUT2D eigenvalue weighted by atomic mass is 19.4. The van der Waals surface area contributed by atoms with Crippen LogP contribution in [0.4, 0.5) is 13.2 Å². The fourth-order valence-corrected chi connectivity index (χ4v) is 5.17. The second kappa shape index (κ2) is 11.0. The average molecular weight is 553 g/mol. The van der Waals surface area contributed by atoms with E-state index < -0.39 is 22.8 Å². The number of halogens is 3. The summed E-state index contributed by atoms with van der Waals surface area (Å²) in [6, 6.07) is 8.68. The van der Waals surface area contributed by atoms with E-state index in [1.165, 1.54) is 15.3 Å². The minimum atomic E-state index is -4.60. The first-order valence-corrected chi connectivity index (χ1v) is 13.3. The maximum Gasteiger partial charge on any atom is 0.419 e. The van der Waals surface area contributed by atoms with Gasteiger partial charge < -0.3 is 9.88 Å². The van der Waals surface area contributed by atoms with E-state index in [2.05, 4.69) is 25.9 Å². The molecular weight excluding hydrogens is 521 g/mol. The number of unbranched alkanes of at least 4 members (excludes halogenated alkanes) is 1. The van der Waals surface area contributed by atoms with Gasteiger partial charge in [-0.15, -0.1) is 10.2 Å². The quantitative estimate of drug-likeness (QED) is 0.290. The second-order valence-electron chi connectivity index (χ2n) is 9.90. The summed E-state index contributed by atoms with van der Waals surface area (Å²) in [4.78, 5) is 14.0. The smallest absolute Gasteiger partial charge is 0.368 e. The molecule has 0 spiro atoms. The van der Waals surface area contributed by atoms with Crippen molar-refractivity contribution in [2.45, 2.75) is 64.2 Å². The van der Waals surface area contributed by atoms with E-state index in [-0.39, 0.29) is 12.4 Å². The maximum absolute atomic E-state index is 14.1. The Kier molecular flexibility index (Phi) is 7.51. The molecule has 0 unspecified atom stereocenters. The molecule has 0 saturated carbocycles. The number of rotatable bonds is 10. The second-order valence-corrected chi connectivity index (χ2v) is 9.90. The van der Waals surface area contributed by atoms with Crippen LogP contribution in [0.15, 0.2) is 72.1 Å². The minimum Gasteiger partial charge on any atom is -0.368 e. The van der Waals surface area contributed by atoms with E-state index in [0.29, 0.717) is 30.9 Å². The third-order valence-corrected chi connectivity index (χ3v) is 7.16. The predicted molar refractivity (Wildman–Crippen MR) is 145 cm³/mol. The molecule has 0 aliphatic carbocycles. The number of dihydropyridines is 1. The molecule has 9 nitrogen and oxygen atoms in total. The van der Waals surface area contributed by atoms with Crippen molar-refractivity contribution in [2.75, 3.05) is 0 Å². The number of nitrogens with zero attached hydrogens (tertiary/aromatic N) is 6. The molecule has 2 N–H and O–H groups in total. The Labute approximate surface area is 229 Å². The Balaban J connectivity index is 1.66. The van der Waals surface area contributed by atoms with E-state index in [1.54, 1.807) is 23.2 Å². The third kappa shape index (κ3) is 5.13. The monoisotopic (exact) mass is 552 g/mol. The summed E-state index contributed by atoms with van der Waals surface area (Å²) in [5, 5.41) is 17.3. The number of hydrogen-bond donors (Lipinski definition) is 2. The van der Waals surface area contributed by atoms with Gasteiger partial charge in [-0.1, -0.05) is 50.6 Å². The molecule has 5 rings (SSSR count). The summed E-state index contributed by atoms with van der Waals surface area (Å²) in [5.74, 6) is 0.280. The van der Waals surface area contributed by atoms with Gasteiger partial charge in [0.25, 0.3) is 0 Å². The summed E-state index contributed by atoms with van der Waals surface area (Å²) in [6.45, 7) is 4.48. The Bertz CT molecular complexity index is 1560. The topological polar surface area (TPSA) is 98.4 Å². The highest BCUT2D eigenvalue weighted by Crippen LogP contribution is 2.36. The van der Waals surface area contributed by atoms with Crippen LogP contribution in [0, 0.1) is 0 Å². The van der Waals surface area contributed by atoms with Crippen molar-refractivity contribution in [2.24, 2.45) is 0 Å². The number of nitrogens with one attached hydrogen (secondary N) is 2. The van der Waals surface area contributed by atoms with Gasteiger partial charge in [0, 0.05) is 36.7 Å². The average Bonchev–Trinajstić information content (AvgIpc) is 3.69. The van der Waals surface area contributed by atoms with Crippen molar-refractivity contribution in [1.29, 1.82) is 0 Å². The lowest BCUT2D eigenvalue weighted by atomic mass is 9.78. The fourth-order valence-electron chi connectivity index (χ4n) is 5.17. The summed E-state index contributed by atoms with van der Waals surface area (Å²) in [6.07, 6.45) is 8.72. The first kappa shape index (κ1) is 27.2.